The SMILES string of the molecule is C=CCc1ccccc1-c1ccccc1Cl. The summed E-state index contributed by atoms with van der Waals surface area (Å²) in [6.07, 6.45) is 2.77. The van der Waals surface area contributed by atoms with Gasteiger partial charge in [0.1, 0.15) is 0 Å². The van der Waals surface area contributed by atoms with Gasteiger partial charge in [-0.25, -0.2) is 0 Å². The molecule has 0 radical (unpaired) electrons. The quantitative estimate of drug-likeness (QED) is 0.666. The summed E-state index contributed by atoms with van der Waals surface area (Å²) in [7, 11) is 0. The zero-order chi connectivity index (χ0) is 11.4. The fraction of sp³-hybridized carbons (Fsp3) is 0.0667. The van der Waals surface area contributed by atoms with Gasteiger partial charge in [-0.05, 0) is 23.6 Å². The molecule has 0 fully saturated rings. The third-order valence-electron chi connectivity index (χ3n) is 2.55. The number of benzene rings is 2. The fourth-order valence-electron chi connectivity index (χ4n) is 1.80. The summed E-state index contributed by atoms with van der Waals surface area (Å²) in [5.41, 5.74) is 3.53. The van der Waals surface area contributed by atoms with Crippen molar-refractivity contribution in [2.75, 3.05) is 0 Å². The summed E-state index contributed by atoms with van der Waals surface area (Å²) in [6.45, 7) is 3.78. The van der Waals surface area contributed by atoms with Crippen LogP contribution in [0.2, 0.25) is 5.02 Å². The van der Waals surface area contributed by atoms with Crippen LogP contribution in [0.15, 0.2) is 61.2 Å². The van der Waals surface area contributed by atoms with Crippen LogP contribution in [0, 0.1) is 0 Å². The first-order chi connectivity index (χ1) is 7.83. The van der Waals surface area contributed by atoms with E-state index in [2.05, 4.69) is 18.7 Å². The van der Waals surface area contributed by atoms with Crippen molar-refractivity contribution in [1.82, 2.24) is 0 Å². The highest BCUT2D eigenvalue weighted by Gasteiger charge is 2.06. The summed E-state index contributed by atoms with van der Waals surface area (Å²) in [6, 6.07) is 16.2. The van der Waals surface area contributed by atoms with Crippen molar-refractivity contribution >= 4 is 11.6 Å². The van der Waals surface area contributed by atoms with Gasteiger partial charge < -0.3 is 0 Å². The number of allylic oxidation sites excluding steroid dienone is 1. The highest BCUT2D eigenvalue weighted by molar-refractivity contribution is 6.33. The minimum atomic E-state index is 0.791. The van der Waals surface area contributed by atoms with E-state index in [9.17, 15) is 0 Å². The van der Waals surface area contributed by atoms with Crippen molar-refractivity contribution in [3.63, 3.8) is 0 Å². The third-order valence-corrected chi connectivity index (χ3v) is 2.88. The second-order valence-corrected chi connectivity index (χ2v) is 4.04. The van der Waals surface area contributed by atoms with Gasteiger partial charge in [0, 0.05) is 10.6 Å². The molecule has 0 spiro atoms. The Morgan fingerprint density at radius 2 is 1.56 bits per heavy atom. The van der Waals surface area contributed by atoms with Crippen molar-refractivity contribution in [3.05, 3.63) is 71.8 Å². The molecular weight excluding hydrogens is 216 g/mol. The minimum absolute atomic E-state index is 0.791. The van der Waals surface area contributed by atoms with E-state index < -0.39 is 0 Å². The minimum Gasteiger partial charge on any atom is -0.103 e. The van der Waals surface area contributed by atoms with E-state index in [0.717, 1.165) is 17.0 Å². The second kappa shape index (κ2) is 5.00. The first kappa shape index (κ1) is 11.0. The monoisotopic (exact) mass is 228 g/mol. The maximum absolute atomic E-state index is 6.21. The van der Waals surface area contributed by atoms with E-state index in [-0.39, 0.29) is 0 Å². The predicted octanol–water partition coefficient (Wildman–Crippen LogP) is 4.74. The summed E-state index contributed by atoms with van der Waals surface area (Å²) in [5.74, 6) is 0. The first-order valence-corrected chi connectivity index (χ1v) is 5.64. The average Bonchev–Trinajstić information content (AvgIpc) is 2.31. The van der Waals surface area contributed by atoms with Crippen LogP contribution in [-0.4, -0.2) is 0 Å². The lowest BCUT2D eigenvalue weighted by Gasteiger charge is -2.09. The van der Waals surface area contributed by atoms with Crippen LogP contribution in [0.4, 0.5) is 0 Å². The molecule has 80 valence electrons. The maximum Gasteiger partial charge on any atom is 0.0484 e. The van der Waals surface area contributed by atoms with E-state index in [1.54, 1.807) is 0 Å². The molecule has 0 aliphatic rings. The van der Waals surface area contributed by atoms with E-state index in [0.29, 0.717) is 0 Å². The van der Waals surface area contributed by atoms with Gasteiger partial charge in [0.15, 0.2) is 0 Å². The Bertz CT molecular complexity index is 500. The second-order valence-electron chi connectivity index (χ2n) is 3.63. The largest absolute Gasteiger partial charge is 0.103 e. The van der Waals surface area contributed by atoms with Crippen molar-refractivity contribution in [2.24, 2.45) is 0 Å². The Morgan fingerprint density at radius 3 is 2.25 bits per heavy atom. The fourth-order valence-corrected chi connectivity index (χ4v) is 2.03. The molecule has 16 heavy (non-hydrogen) atoms. The van der Waals surface area contributed by atoms with Crippen LogP contribution < -0.4 is 0 Å². The molecule has 2 rings (SSSR count). The molecule has 2 aromatic carbocycles. The standard InChI is InChI=1S/C15H13Cl/c1-2-7-12-8-3-4-9-13(12)14-10-5-6-11-15(14)16/h2-6,8-11H,1,7H2. The molecule has 0 nitrogen and oxygen atoms in total. The Kier molecular flexibility index (Phi) is 3.43. The molecule has 0 aromatic heterocycles. The van der Waals surface area contributed by atoms with Crippen LogP contribution in [0.3, 0.4) is 0 Å². The predicted molar refractivity (Wildman–Crippen MR) is 70.8 cm³/mol. The van der Waals surface area contributed by atoms with Gasteiger partial charge >= 0.3 is 0 Å². The number of rotatable bonds is 3. The normalized spacial score (nSPS) is 10.1. The Labute approximate surface area is 101 Å². The lowest BCUT2D eigenvalue weighted by atomic mass is 9.98. The van der Waals surface area contributed by atoms with Crippen LogP contribution in [0.5, 0.6) is 0 Å². The van der Waals surface area contributed by atoms with Crippen LogP contribution in [0.1, 0.15) is 5.56 Å². The smallest absolute Gasteiger partial charge is 0.0484 e. The molecule has 0 N–H and O–H groups in total. The van der Waals surface area contributed by atoms with Gasteiger partial charge in [-0.2, -0.15) is 0 Å². The van der Waals surface area contributed by atoms with Crippen molar-refractivity contribution in [3.8, 4) is 11.1 Å². The molecule has 0 amide bonds. The summed E-state index contributed by atoms with van der Waals surface area (Å²) in [5, 5.41) is 0.791. The van der Waals surface area contributed by atoms with E-state index in [1.807, 2.05) is 42.5 Å². The molecule has 0 bridgehead atoms. The lowest BCUT2D eigenvalue weighted by Crippen LogP contribution is -1.88. The molecule has 0 saturated carbocycles. The Hall–Kier alpha value is -1.53. The zero-order valence-electron chi connectivity index (χ0n) is 8.99. The zero-order valence-corrected chi connectivity index (χ0v) is 9.74. The number of hydrogen-bond acceptors (Lipinski definition) is 0. The van der Waals surface area contributed by atoms with Gasteiger partial charge in [-0.3, -0.25) is 0 Å². The topological polar surface area (TPSA) is 0 Å². The van der Waals surface area contributed by atoms with Crippen LogP contribution in [0.25, 0.3) is 11.1 Å². The third kappa shape index (κ3) is 2.17. The molecular formula is C15H13Cl. The number of hydrogen-bond donors (Lipinski definition) is 0. The molecule has 0 aliphatic heterocycles. The highest BCUT2D eigenvalue weighted by atomic mass is 35.5. The van der Waals surface area contributed by atoms with Gasteiger partial charge in [0.05, 0.1) is 0 Å². The van der Waals surface area contributed by atoms with Crippen LogP contribution in [-0.2, 0) is 6.42 Å². The van der Waals surface area contributed by atoms with Gasteiger partial charge in [0.25, 0.3) is 0 Å². The van der Waals surface area contributed by atoms with Crippen LogP contribution >= 0.6 is 11.6 Å². The van der Waals surface area contributed by atoms with Gasteiger partial charge in [-0.15, -0.1) is 6.58 Å². The summed E-state index contributed by atoms with van der Waals surface area (Å²) in [4.78, 5) is 0. The van der Waals surface area contributed by atoms with E-state index in [4.69, 9.17) is 11.6 Å². The first-order valence-electron chi connectivity index (χ1n) is 5.26. The van der Waals surface area contributed by atoms with Gasteiger partial charge in [-0.1, -0.05) is 60.1 Å². The molecule has 0 heterocycles. The highest BCUT2D eigenvalue weighted by Crippen LogP contribution is 2.30. The van der Waals surface area contributed by atoms with Crippen molar-refractivity contribution in [2.45, 2.75) is 6.42 Å². The molecule has 0 atom stereocenters. The van der Waals surface area contributed by atoms with Crippen molar-refractivity contribution in [1.29, 1.82) is 0 Å². The van der Waals surface area contributed by atoms with Gasteiger partial charge in [0.2, 0.25) is 0 Å². The molecule has 0 saturated heterocycles. The van der Waals surface area contributed by atoms with E-state index in [1.165, 1.54) is 11.1 Å². The average molecular weight is 229 g/mol. The number of halogens is 1. The van der Waals surface area contributed by atoms with E-state index >= 15 is 0 Å². The molecule has 1 heteroatoms. The lowest BCUT2D eigenvalue weighted by molar-refractivity contribution is 1.28. The Balaban J connectivity index is 2.55. The van der Waals surface area contributed by atoms with Crippen molar-refractivity contribution < 1.29 is 0 Å². The summed E-state index contributed by atoms with van der Waals surface area (Å²) < 4.78 is 0. The Morgan fingerprint density at radius 1 is 0.938 bits per heavy atom. The maximum atomic E-state index is 6.21. The molecule has 0 aliphatic carbocycles. The summed E-state index contributed by atoms with van der Waals surface area (Å²) >= 11 is 6.21. The molecule has 0 unspecified atom stereocenters. The molecule has 2 aromatic rings.